The Kier molecular flexibility index (Phi) is 6.96. The molecule has 0 unspecified atom stereocenters. The second-order valence-electron chi connectivity index (χ2n) is 9.13. The summed E-state index contributed by atoms with van der Waals surface area (Å²) < 4.78 is 11.3. The molecule has 1 aliphatic carbocycles. The van der Waals surface area contributed by atoms with Crippen molar-refractivity contribution in [2.45, 2.75) is 90.7 Å². The molecule has 0 bridgehead atoms. The molecule has 2 N–H and O–H groups in total. The van der Waals surface area contributed by atoms with Crippen LogP contribution in [0.1, 0.15) is 67.2 Å². The molecule has 8 heteroatoms. The summed E-state index contributed by atoms with van der Waals surface area (Å²) in [5.74, 6) is -0.165. The molecule has 1 saturated heterocycles. The maximum Gasteiger partial charge on any atom is 0.413 e. The molecule has 0 spiro atoms. The number of nitrogens with zero attached hydrogens (tertiary/aromatic N) is 1. The fraction of sp³-hybridized carbons (Fsp3) is 0.850. The molecule has 1 aliphatic heterocycles. The molecule has 0 radical (unpaired) electrons. The first-order valence-electron chi connectivity index (χ1n) is 10.2. The average Bonchev–Trinajstić information content (AvgIpc) is 3.14. The highest BCUT2D eigenvalue weighted by molar-refractivity contribution is 5.87. The Morgan fingerprint density at radius 3 is 2.14 bits per heavy atom. The lowest BCUT2D eigenvalue weighted by Gasteiger charge is -2.34. The van der Waals surface area contributed by atoms with E-state index in [9.17, 15) is 14.4 Å². The molecule has 0 aromatic carbocycles. The van der Waals surface area contributed by atoms with Crippen molar-refractivity contribution in [3.05, 3.63) is 0 Å². The minimum atomic E-state index is -0.958. The predicted molar refractivity (Wildman–Crippen MR) is 104 cm³/mol. The average molecular weight is 398 g/mol. The van der Waals surface area contributed by atoms with Gasteiger partial charge in [-0.15, -0.1) is 0 Å². The first-order valence-corrected chi connectivity index (χ1v) is 10.2. The van der Waals surface area contributed by atoms with Crippen molar-refractivity contribution in [2.24, 2.45) is 5.92 Å². The molecule has 2 aliphatic rings. The van der Waals surface area contributed by atoms with Gasteiger partial charge in [-0.1, -0.05) is 12.8 Å². The van der Waals surface area contributed by atoms with Crippen LogP contribution in [0, 0.1) is 5.92 Å². The quantitative estimate of drug-likeness (QED) is 0.693. The Hall–Kier alpha value is -1.83. The van der Waals surface area contributed by atoms with Gasteiger partial charge in [-0.05, 0) is 54.4 Å². The van der Waals surface area contributed by atoms with Crippen LogP contribution in [0.5, 0.6) is 0 Å². The van der Waals surface area contributed by atoms with Crippen molar-refractivity contribution in [3.63, 3.8) is 0 Å². The third kappa shape index (κ3) is 5.59. The molecule has 1 saturated carbocycles. The minimum absolute atomic E-state index is 0.0563. The molecule has 0 aromatic heterocycles. The summed E-state index contributed by atoms with van der Waals surface area (Å²) in [7, 11) is 0. The van der Waals surface area contributed by atoms with E-state index in [-0.39, 0.29) is 17.7 Å². The van der Waals surface area contributed by atoms with E-state index >= 15 is 0 Å². The largest absolute Gasteiger partial charge is 0.444 e. The molecule has 2 fully saturated rings. The lowest BCUT2D eigenvalue weighted by Crippen LogP contribution is -2.56. The number of ether oxygens (including phenoxy) is 2. The second-order valence-corrected chi connectivity index (χ2v) is 9.13. The zero-order chi connectivity index (χ0) is 21.1. The van der Waals surface area contributed by atoms with Gasteiger partial charge < -0.3 is 20.1 Å². The number of hydrogen-bond donors (Lipinski definition) is 2. The summed E-state index contributed by atoms with van der Waals surface area (Å²) in [5.41, 5.74) is -1.63. The summed E-state index contributed by atoms with van der Waals surface area (Å²) in [6, 6.07) is -0.796. The molecule has 0 aromatic rings. The van der Waals surface area contributed by atoms with Crippen LogP contribution >= 0.6 is 0 Å². The van der Waals surface area contributed by atoms with Crippen molar-refractivity contribution in [3.8, 4) is 0 Å². The third-order valence-corrected chi connectivity index (χ3v) is 5.09. The SMILES string of the molecule is C[C@@H]1OC(C)(C)N(C(=O)OC(C)(C)C)[C@@H]1C(=O)NCCNC(=O)C1CCCC1. The van der Waals surface area contributed by atoms with E-state index in [0.29, 0.717) is 13.1 Å². The Balaban J connectivity index is 1.91. The van der Waals surface area contributed by atoms with Crippen LogP contribution in [0.2, 0.25) is 0 Å². The van der Waals surface area contributed by atoms with Crippen molar-refractivity contribution < 1.29 is 23.9 Å². The lowest BCUT2D eigenvalue weighted by atomic mass is 10.1. The molecule has 2 rings (SSSR count). The van der Waals surface area contributed by atoms with Crippen molar-refractivity contribution in [1.82, 2.24) is 15.5 Å². The highest BCUT2D eigenvalue weighted by atomic mass is 16.6. The molecule has 160 valence electrons. The molecule has 1 heterocycles. The van der Waals surface area contributed by atoms with Crippen LogP contribution in [-0.4, -0.2) is 59.4 Å². The summed E-state index contributed by atoms with van der Waals surface area (Å²) in [6.07, 6.45) is 3.02. The van der Waals surface area contributed by atoms with E-state index in [4.69, 9.17) is 9.47 Å². The predicted octanol–water partition coefficient (Wildman–Crippen LogP) is 2.17. The van der Waals surface area contributed by atoms with Crippen LogP contribution in [0.3, 0.4) is 0 Å². The Labute approximate surface area is 167 Å². The topological polar surface area (TPSA) is 97.0 Å². The molecule has 28 heavy (non-hydrogen) atoms. The second kappa shape index (κ2) is 8.68. The number of amides is 3. The number of carbonyl (C=O) groups excluding carboxylic acids is 3. The monoisotopic (exact) mass is 397 g/mol. The third-order valence-electron chi connectivity index (χ3n) is 5.09. The molecular weight excluding hydrogens is 362 g/mol. The van der Waals surface area contributed by atoms with Gasteiger partial charge in [-0.25, -0.2) is 4.79 Å². The van der Waals surface area contributed by atoms with Gasteiger partial charge in [-0.2, -0.15) is 0 Å². The van der Waals surface area contributed by atoms with Crippen molar-refractivity contribution >= 4 is 17.9 Å². The van der Waals surface area contributed by atoms with E-state index in [1.165, 1.54) is 4.90 Å². The lowest BCUT2D eigenvalue weighted by molar-refractivity contribution is -0.127. The zero-order valence-electron chi connectivity index (χ0n) is 18.0. The van der Waals surface area contributed by atoms with Gasteiger partial charge in [0.05, 0.1) is 6.10 Å². The van der Waals surface area contributed by atoms with E-state index in [2.05, 4.69) is 10.6 Å². The number of rotatable bonds is 5. The fourth-order valence-electron chi connectivity index (χ4n) is 3.90. The fourth-order valence-corrected chi connectivity index (χ4v) is 3.90. The maximum absolute atomic E-state index is 12.8. The van der Waals surface area contributed by atoms with E-state index < -0.39 is 29.6 Å². The molecule has 3 amide bonds. The molecule has 8 nitrogen and oxygen atoms in total. The van der Waals surface area contributed by atoms with Gasteiger partial charge in [0.25, 0.3) is 0 Å². The first kappa shape index (κ1) is 22.5. The standard InChI is InChI=1S/C20H35N3O5/c1-13-15(23(20(5,6)27-13)18(26)28-19(2,3)4)17(25)22-12-11-21-16(24)14-9-7-8-10-14/h13-15H,7-12H2,1-6H3,(H,21,24)(H,22,25)/t13-,15-/m0/s1. The van der Waals surface area contributed by atoms with Crippen LogP contribution in [0.4, 0.5) is 4.79 Å². The Morgan fingerprint density at radius 1 is 1.07 bits per heavy atom. The highest BCUT2D eigenvalue weighted by Gasteiger charge is 2.52. The van der Waals surface area contributed by atoms with Crippen LogP contribution in [0.15, 0.2) is 0 Å². The zero-order valence-corrected chi connectivity index (χ0v) is 18.0. The van der Waals surface area contributed by atoms with E-state index in [0.717, 1.165) is 25.7 Å². The summed E-state index contributed by atoms with van der Waals surface area (Å²) in [4.78, 5) is 38.9. The van der Waals surface area contributed by atoms with Crippen LogP contribution < -0.4 is 10.6 Å². The normalized spacial score (nSPS) is 24.9. The molecule has 2 atom stereocenters. The summed E-state index contributed by atoms with van der Waals surface area (Å²) in [5, 5.41) is 5.68. The molecular formula is C20H35N3O5. The van der Waals surface area contributed by atoms with Gasteiger partial charge in [0.1, 0.15) is 17.4 Å². The van der Waals surface area contributed by atoms with Gasteiger partial charge in [0.15, 0.2) is 0 Å². The summed E-state index contributed by atoms with van der Waals surface area (Å²) >= 11 is 0. The Morgan fingerprint density at radius 2 is 1.61 bits per heavy atom. The number of hydrogen-bond acceptors (Lipinski definition) is 5. The maximum atomic E-state index is 12.8. The minimum Gasteiger partial charge on any atom is -0.444 e. The summed E-state index contributed by atoms with van der Waals surface area (Å²) in [6.45, 7) is 11.2. The van der Waals surface area contributed by atoms with Crippen LogP contribution in [0.25, 0.3) is 0 Å². The van der Waals surface area contributed by atoms with E-state index in [1.807, 2.05) is 0 Å². The van der Waals surface area contributed by atoms with Crippen molar-refractivity contribution in [1.29, 1.82) is 0 Å². The van der Waals surface area contributed by atoms with Gasteiger partial charge in [0, 0.05) is 19.0 Å². The number of nitrogens with one attached hydrogen (secondary N) is 2. The smallest absolute Gasteiger partial charge is 0.413 e. The van der Waals surface area contributed by atoms with Gasteiger partial charge in [-0.3, -0.25) is 14.5 Å². The van der Waals surface area contributed by atoms with Gasteiger partial charge in [0.2, 0.25) is 11.8 Å². The van der Waals surface area contributed by atoms with E-state index in [1.54, 1.807) is 41.5 Å². The van der Waals surface area contributed by atoms with Crippen LogP contribution in [-0.2, 0) is 19.1 Å². The first-order chi connectivity index (χ1) is 12.9. The van der Waals surface area contributed by atoms with Crippen molar-refractivity contribution in [2.75, 3.05) is 13.1 Å². The Bertz CT molecular complexity index is 593. The number of carbonyl (C=O) groups is 3. The highest BCUT2D eigenvalue weighted by Crippen LogP contribution is 2.33. The van der Waals surface area contributed by atoms with Gasteiger partial charge >= 0.3 is 6.09 Å².